The van der Waals surface area contributed by atoms with E-state index in [1.165, 1.54) is 182 Å². The van der Waals surface area contributed by atoms with Crippen molar-refractivity contribution >= 4 is 0 Å². The van der Waals surface area contributed by atoms with Crippen LogP contribution in [0.25, 0.3) is 102 Å². The zero-order valence-electron chi connectivity index (χ0n) is 67.4. The van der Waals surface area contributed by atoms with Crippen molar-refractivity contribution in [3.8, 4) is 102 Å². The minimum atomic E-state index is 0.0905. The van der Waals surface area contributed by atoms with Crippen LogP contribution in [0.15, 0.2) is 200 Å². The Hall–Kier alpha value is -9.99. The van der Waals surface area contributed by atoms with Crippen LogP contribution < -0.4 is 0 Å². The zero-order valence-corrected chi connectivity index (χ0v) is 67.4. The predicted octanol–water partition coefficient (Wildman–Crippen LogP) is 27.1. The van der Waals surface area contributed by atoms with Crippen molar-refractivity contribution in [1.29, 1.82) is 0 Å². The molecule has 0 radical (unpaired) electrons. The first kappa shape index (κ1) is 80.5. The van der Waals surface area contributed by atoms with E-state index in [4.69, 9.17) is 44.9 Å². The Morgan fingerprint density at radius 3 is 0.685 bits per heavy atom. The molecule has 0 saturated heterocycles. The molecule has 0 bridgehead atoms. The molecule has 9 aromatic carbocycles. The number of benzene rings is 9. The summed E-state index contributed by atoms with van der Waals surface area (Å²) < 4.78 is 0. The molecular weight excluding hydrogens is 1320 g/mol. The van der Waals surface area contributed by atoms with Crippen molar-refractivity contribution in [3.05, 3.63) is 267 Å². The van der Waals surface area contributed by atoms with Crippen molar-refractivity contribution in [1.82, 2.24) is 44.9 Å². The van der Waals surface area contributed by atoms with Crippen LogP contribution in [0.1, 0.15) is 224 Å². The van der Waals surface area contributed by atoms with Crippen LogP contribution in [0.4, 0.5) is 0 Å². The summed E-state index contributed by atoms with van der Waals surface area (Å²) in [6, 6.07) is 70.8. The second kappa shape index (κ2) is 40.3. The largest absolute Gasteiger partial charge is 0.208 e. The van der Waals surface area contributed by atoms with Crippen LogP contribution in [0, 0.1) is 55.4 Å². The lowest BCUT2D eigenvalue weighted by Gasteiger charge is -2.22. The van der Waals surface area contributed by atoms with Gasteiger partial charge in [0.15, 0.2) is 52.4 Å². The molecule has 558 valence electrons. The number of aromatic nitrogens is 9. The topological polar surface area (TPSA) is 116 Å². The minimum Gasteiger partial charge on any atom is -0.208 e. The van der Waals surface area contributed by atoms with Gasteiger partial charge < -0.3 is 0 Å². The lowest BCUT2D eigenvalue weighted by atomic mass is 9.83. The van der Waals surface area contributed by atoms with Crippen molar-refractivity contribution < 1.29 is 0 Å². The SMILES string of the molecule is CCCCCCCCCCCCc1ccc(-c2nc(-c3ccc(C)cc3)nc(-c3ccc(C)cc3)n2)cc1.CCCCCCc1cc(CCCCCC)cc(-c2nc(-c3ccc(C)cc3)nc(-c3ccc(C)cc3)n2)c1.Cc1ccc(-c2nc(-c3ccc(C)cc3)nc(-c3c(C)cc(C(C)(C)C)cc3C)n2)cc1. The van der Waals surface area contributed by atoms with E-state index in [-0.39, 0.29) is 5.41 Å². The minimum absolute atomic E-state index is 0.0905. The maximum absolute atomic E-state index is 5.03. The first-order chi connectivity index (χ1) is 52.3. The Morgan fingerprint density at radius 1 is 0.213 bits per heavy atom. The number of rotatable bonds is 30. The molecule has 0 aliphatic heterocycles. The van der Waals surface area contributed by atoms with Gasteiger partial charge in [-0.2, -0.15) is 0 Å². The molecule has 3 heterocycles. The second-order valence-electron chi connectivity index (χ2n) is 31.1. The molecule has 12 aromatic rings. The summed E-state index contributed by atoms with van der Waals surface area (Å²) in [5.74, 6) is 6.47. The van der Waals surface area contributed by atoms with Gasteiger partial charge in [0.2, 0.25) is 0 Å². The maximum atomic E-state index is 5.03. The fraction of sp³-hybridized carbons (Fsp3) is 0.364. The molecule has 0 fully saturated rings. The van der Waals surface area contributed by atoms with Crippen molar-refractivity contribution in [2.75, 3.05) is 0 Å². The van der Waals surface area contributed by atoms with E-state index in [9.17, 15) is 0 Å². The summed E-state index contributed by atoms with van der Waals surface area (Å²) in [6.45, 7) is 30.4. The van der Waals surface area contributed by atoms with Crippen LogP contribution >= 0.6 is 0 Å². The molecule has 9 heteroatoms. The van der Waals surface area contributed by atoms with E-state index in [1.54, 1.807) is 0 Å². The highest BCUT2D eigenvalue weighted by Gasteiger charge is 2.22. The molecule has 108 heavy (non-hydrogen) atoms. The Bertz CT molecular complexity index is 4520. The zero-order chi connectivity index (χ0) is 76.4. The molecule has 12 rings (SSSR count). The van der Waals surface area contributed by atoms with Gasteiger partial charge in [0, 0.05) is 50.1 Å². The molecular formula is C99H117N9. The molecule has 0 amide bonds. The summed E-state index contributed by atoms with van der Waals surface area (Å²) in [6.07, 6.45) is 27.2. The molecule has 0 aliphatic carbocycles. The average molecular weight is 1430 g/mol. The first-order valence-corrected chi connectivity index (χ1v) is 40.3. The highest BCUT2D eigenvalue weighted by molar-refractivity contribution is 5.73. The van der Waals surface area contributed by atoms with Crippen LogP contribution in [-0.4, -0.2) is 44.9 Å². The van der Waals surface area contributed by atoms with Crippen molar-refractivity contribution in [3.63, 3.8) is 0 Å². The molecule has 0 spiro atoms. The van der Waals surface area contributed by atoms with E-state index < -0.39 is 0 Å². The number of hydrogen-bond acceptors (Lipinski definition) is 9. The third kappa shape index (κ3) is 24.0. The van der Waals surface area contributed by atoms with Crippen LogP contribution in [0.2, 0.25) is 0 Å². The first-order valence-electron chi connectivity index (χ1n) is 40.3. The second-order valence-corrected chi connectivity index (χ2v) is 31.1. The standard InChI is InChI=1S/2C35H43N3.C29H31N3/c1-5-7-9-11-13-28-23-29(14-12-10-8-6-2)25-32(24-28)35-37-33(30-19-15-26(3)16-20-30)36-34(38-35)31-21-17-27(4)18-22-31;1-4-5-6-7-8-9-10-11-12-13-14-29-19-25-32(26-20-29)35-37-33(30-21-15-27(2)16-22-30)36-34(38-35)31-23-17-28(3)18-24-31;1-18-8-12-22(13-9-18)26-30-27(23-14-10-19(2)11-15-23)32-28(31-26)25-20(3)16-24(17-21(25)4)29(5,6)7/h15-25H,5-14H2,1-4H3;15-26H,4-14H2,1-3H3;8-17H,1-7H3. The van der Waals surface area contributed by atoms with Crippen LogP contribution in [-0.2, 0) is 24.7 Å². The van der Waals surface area contributed by atoms with E-state index in [0.29, 0.717) is 23.3 Å². The van der Waals surface area contributed by atoms with Crippen LogP contribution in [0.5, 0.6) is 0 Å². The number of hydrogen-bond donors (Lipinski definition) is 0. The fourth-order valence-electron chi connectivity index (χ4n) is 13.6. The van der Waals surface area contributed by atoms with Crippen molar-refractivity contribution in [2.45, 2.75) is 237 Å². The summed E-state index contributed by atoms with van der Waals surface area (Å²) in [4.78, 5) is 44.3. The van der Waals surface area contributed by atoms with Gasteiger partial charge in [-0.15, -0.1) is 0 Å². The summed E-state index contributed by atoms with van der Waals surface area (Å²) in [7, 11) is 0. The van der Waals surface area contributed by atoms with Gasteiger partial charge in [-0.1, -0.05) is 359 Å². The van der Waals surface area contributed by atoms with E-state index in [1.807, 2.05) is 0 Å². The highest BCUT2D eigenvalue weighted by atomic mass is 15.1. The lowest BCUT2D eigenvalue weighted by molar-refractivity contribution is 0.556. The normalized spacial score (nSPS) is 11.3. The summed E-state index contributed by atoms with van der Waals surface area (Å²) in [5.41, 5.74) is 24.6. The Balaban J connectivity index is 0.000000174. The van der Waals surface area contributed by atoms with E-state index in [0.717, 1.165) is 98.5 Å². The molecule has 9 nitrogen and oxygen atoms in total. The highest BCUT2D eigenvalue weighted by Crippen LogP contribution is 2.35. The number of aryl methyl sites for hydroxylation is 11. The summed E-state index contributed by atoms with van der Waals surface area (Å²) >= 11 is 0. The Labute approximate surface area is 647 Å². The molecule has 0 N–H and O–H groups in total. The Kier molecular flexibility index (Phi) is 30.0. The smallest absolute Gasteiger partial charge is 0.164 e. The third-order valence-electron chi connectivity index (χ3n) is 20.4. The Morgan fingerprint density at radius 2 is 0.426 bits per heavy atom. The van der Waals surface area contributed by atoms with E-state index >= 15 is 0 Å². The predicted molar refractivity (Wildman–Crippen MR) is 456 cm³/mol. The maximum Gasteiger partial charge on any atom is 0.164 e. The quantitative estimate of drug-likeness (QED) is 0.0406. The van der Waals surface area contributed by atoms with Gasteiger partial charge in [0.25, 0.3) is 0 Å². The number of unbranched alkanes of at least 4 members (excludes halogenated alkanes) is 15. The van der Waals surface area contributed by atoms with Crippen molar-refractivity contribution in [2.24, 2.45) is 0 Å². The van der Waals surface area contributed by atoms with Gasteiger partial charge in [-0.05, 0) is 145 Å². The summed E-state index contributed by atoms with van der Waals surface area (Å²) in [5, 5.41) is 0. The average Bonchev–Trinajstić information content (AvgIpc) is 0.776. The molecule has 3 aromatic heterocycles. The third-order valence-corrected chi connectivity index (χ3v) is 20.4. The van der Waals surface area contributed by atoms with Gasteiger partial charge in [-0.25, -0.2) is 44.9 Å². The number of nitrogens with zero attached hydrogens (tertiary/aromatic N) is 9. The molecule has 0 unspecified atom stereocenters. The van der Waals surface area contributed by atoms with Gasteiger partial charge in [-0.3, -0.25) is 0 Å². The van der Waals surface area contributed by atoms with E-state index in [2.05, 4.69) is 297 Å². The molecule has 0 saturated carbocycles. The molecule has 0 atom stereocenters. The fourth-order valence-corrected chi connectivity index (χ4v) is 13.6. The van der Waals surface area contributed by atoms with Crippen LogP contribution in [0.3, 0.4) is 0 Å². The molecule has 0 aliphatic rings. The van der Waals surface area contributed by atoms with Gasteiger partial charge in [0.05, 0.1) is 0 Å². The monoisotopic (exact) mass is 1430 g/mol. The lowest BCUT2D eigenvalue weighted by Crippen LogP contribution is -2.12. The van der Waals surface area contributed by atoms with Gasteiger partial charge in [0.1, 0.15) is 0 Å². The van der Waals surface area contributed by atoms with Gasteiger partial charge >= 0.3 is 0 Å².